The van der Waals surface area contributed by atoms with Gasteiger partial charge in [-0.05, 0) is 55.9 Å². The van der Waals surface area contributed by atoms with Crippen molar-refractivity contribution in [1.82, 2.24) is 4.31 Å². The van der Waals surface area contributed by atoms with Crippen LogP contribution >= 0.6 is 12.4 Å². The average Bonchev–Trinajstić information content (AvgIpc) is 2.53. The molecule has 5 nitrogen and oxygen atoms in total. The monoisotopic (exact) mass is 376 g/mol. The van der Waals surface area contributed by atoms with Gasteiger partial charge < -0.3 is 10.5 Å². The summed E-state index contributed by atoms with van der Waals surface area (Å²) in [5.41, 5.74) is 5.92. The van der Waals surface area contributed by atoms with E-state index < -0.39 is 10.0 Å². The second-order valence-corrected chi connectivity index (χ2v) is 8.71. The number of hydrogen-bond donors (Lipinski definition) is 1. The molecule has 0 bridgehead atoms. The van der Waals surface area contributed by atoms with E-state index in [1.807, 2.05) is 6.92 Å². The maximum Gasteiger partial charge on any atom is 0.243 e. The molecule has 1 aliphatic rings. The highest BCUT2D eigenvalue weighted by Gasteiger charge is 2.30. The maximum atomic E-state index is 12.7. The Kier molecular flexibility index (Phi) is 7.99. The number of halogens is 1. The topological polar surface area (TPSA) is 72.6 Å². The van der Waals surface area contributed by atoms with Gasteiger partial charge in [-0.2, -0.15) is 4.31 Å². The van der Waals surface area contributed by atoms with Gasteiger partial charge in [0.15, 0.2) is 0 Å². The Labute approximate surface area is 152 Å². The van der Waals surface area contributed by atoms with E-state index in [1.165, 1.54) is 0 Å². The number of hydrogen-bond acceptors (Lipinski definition) is 4. The molecule has 1 atom stereocenters. The van der Waals surface area contributed by atoms with Gasteiger partial charge in [0.1, 0.15) is 5.75 Å². The van der Waals surface area contributed by atoms with E-state index in [9.17, 15) is 8.42 Å². The number of piperidine rings is 1. The van der Waals surface area contributed by atoms with Crippen LogP contribution in [-0.4, -0.2) is 38.5 Å². The van der Waals surface area contributed by atoms with Gasteiger partial charge in [-0.1, -0.05) is 13.8 Å². The van der Waals surface area contributed by atoms with Crippen LogP contribution in [0.15, 0.2) is 29.2 Å². The van der Waals surface area contributed by atoms with Crippen LogP contribution in [0, 0.1) is 11.8 Å². The van der Waals surface area contributed by atoms with E-state index >= 15 is 0 Å². The smallest absolute Gasteiger partial charge is 0.243 e. The van der Waals surface area contributed by atoms with Gasteiger partial charge in [-0.25, -0.2) is 8.42 Å². The number of sulfonamides is 1. The molecule has 1 aromatic rings. The second kappa shape index (κ2) is 9.04. The van der Waals surface area contributed by atoms with Crippen molar-refractivity contribution in [1.29, 1.82) is 0 Å². The zero-order valence-corrected chi connectivity index (χ0v) is 16.3. The van der Waals surface area contributed by atoms with Crippen LogP contribution in [-0.2, 0) is 10.0 Å². The van der Waals surface area contributed by atoms with Gasteiger partial charge in [-0.15, -0.1) is 12.4 Å². The first-order chi connectivity index (χ1) is 10.8. The van der Waals surface area contributed by atoms with Crippen LogP contribution in [0.5, 0.6) is 5.75 Å². The number of ether oxygens (including phenoxy) is 1. The van der Waals surface area contributed by atoms with Gasteiger partial charge in [0, 0.05) is 19.1 Å². The molecule has 0 saturated carbocycles. The van der Waals surface area contributed by atoms with Crippen LogP contribution in [0.2, 0.25) is 0 Å². The Balaban J connectivity index is 0.00000288. The lowest BCUT2D eigenvalue weighted by Gasteiger charge is -2.32. The largest absolute Gasteiger partial charge is 0.493 e. The normalized spacial score (nSPS) is 18.2. The van der Waals surface area contributed by atoms with E-state index in [2.05, 4.69) is 13.8 Å². The van der Waals surface area contributed by atoms with E-state index in [0.717, 1.165) is 12.8 Å². The lowest BCUT2D eigenvalue weighted by Crippen LogP contribution is -2.42. The molecule has 2 N–H and O–H groups in total. The SMILES string of the molecule is CC(C)COc1ccc(S(=O)(=O)N2CCC(C(C)N)CC2)cc1.Cl. The van der Waals surface area contributed by atoms with Crippen LogP contribution in [0.25, 0.3) is 0 Å². The molecule has 1 unspecified atom stereocenters. The summed E-state index contributed by atoms with van der Waals surface area (Å²) in [7, 11) is -3.42. The fraction of sp³-hybridized carbons (Fsp3) is 0.647. The Hall–Kier alpha value is -0.820. The molecule has 24 heavy (non-hydrogen) atoms. The van der Waals surface area contributed by atoms with Crippen LogP contribution in [0.3, 0.4) is 0 Å². The highest BCUT2D eigenvalue weighted by Crippen LogP contribution is 2.26. The predicted molar refractivity (Wildman–Crippen MR) is 99.2 cm³/mol. The van der Waals surface area contributed by atoms with E-state index in [-0.39, 0.29) is 18.4 Å². The lowest BCUT2D eigenvalue weighted by molar-refractivity contribution is 0.250. The minimum atomic E-state index is -3.42. The van der Waals surface area contributed by atoms with Gasteiger partial charge in [0.2, 0.25) is 10.0 Å². The number of nitrogens with zero attached hydrogens (tertiary/aromatic N) is 1. The molecule has 2 rings (SSSR count). The van der Waals surface area contributed by atoms with E-state index in [4.69, 9.17) is 10.5 Å². The Morgan fingerprint density at radius 1 is 1.17 bits per heavy atom. The maximum absolute atomic E-state index is 12.7. The summed E-state index contributed by atoms with van der Waals surface area (Å²) in [4.78, 5) is 0.327. The highest BCUT2D eigenvalue weighted by molar-refractivity contribution is 7.89. The van der Waals surface area contributed by atoms with E-state index in [0.29, 0.717) is 42.2 Å². The van der Waals surface area contributed by atoms with Crippen molar-refractivity contribution in [3.63, 3.8) is 0 Å². The molecule has 1 heterocycles. The Bertz CT molecular complexity index is 595. The summed E-state index contributed by atoms with van der Waals surface area (Å²) < 4.78 is 32.6. The van der Waals surface area contributed by atoms with Gasteiger partial charge in [-0.3, -0.25) is 0 Å². The van der Waals surface area contributed by atoms with Crippen molar-refractivity contribution in [2.45, 2.75) is 44.6 Å². The quantitative estimate of drug-likeness (QED) is 0.828. The Morgan fingerprint density at radius 3 is 2.17 bits per heavy atom. The molecular formula is C17H29ClN2O3S. The first-order valence-electron chi connectivity index (χ1n) is 8.29. The predicted octanol–water partition coefficient (Wildman–Crippen LogP) is 2.89. The molecule has 0 radical (unpaired) electrons. The molecular weight excluding hydrogens is 348 g/mol. The zero-order chi connectivity index (χ0) is 17.0. The lowest BCUT2D eigenvalue weighted by atomic mass is 9.92. The number of nitrogens with two attached hydrogens (primary N) is 1. The fourth-order valence-corrected chi connectivity index (χ4v) is 4.23. The summed E-state index contributed by atoms with van der Waals surface area (Å²) in [5, 5.41) is 0. The third-order valence-electron chi connectivity index (χ3n) is 4.29. The van der Waals surface area contributed by atoms with Crippen LogP contribution in [0.4, 0.5) is 0 Å². The van der Waals surface area contributed by atoms with Gasteiger partial charge >= 0.3 is 0 Å². The molecule has 0 amide bonds. The van der Waals surface area contributed by atoms with Crippen molar-refractivity contribution in [2.24, 2.45) is 17.6 Å². The molecule has 0 aliphatic carbocycles. The minimum Gasteiger partial charge on any atom is -0.493 e. The van der Waals surface area contributed by atoms with Crippen LogP contribution in [0.1, 0.15) is 33.6 Å². The second-order valence-electron chi connectivity index (χ2n) is 6.78. The third-order valence-corrected chi connectivity index (χ3v) is 6.20. The first kappa shape index (κ1) is 21.2. The molecule has 1 fully saturated rings. The minimum absolute atomic E-state index is 0. The summed E-state index contributed by atoms with van der Waals surface area (Å²) in [6.45, 7) is 7.84. The van der Waals surface area contributed by atoms with Crippen LogP contribution < -0.4 is 10.5 Å². The van der Waals surface area contributed by atoms with Crippen molar-refractivity contribution in [3.8, 4) is 5.75 Å². The summed E-state index contributed by atoms with van der Waals surface area (Å²) in [5.74, 6) is 1.55. The number of benzene rings is 1. The molecule has 1 saturated heterocycles. The van der Waals surface area contributed by atoms with E-state index in [1.54, 1.807) is 28.6 Å². The molecule has 7 heteroatoms. The summed E-state index contributed by atoms with van der Waals surface area (Å²) in [6, 6.07) is 6.83. The summed E-state index contributed by atoms with van der Waals surface area (Å²) in [6.07, 6.45) is 1.65. The summed E-state index contributed by atoms with van der Waals surface area (Å²) >= 11 is 0. The molecule has 0 spiro atoms. The van der Waals surface area contributed by atoms with Crippen molar-refractivity contribution >= 4 is 22.4 Å². The number of rotatable bonds is 6. The van der Waals surface area contributed by atoms with Gasteiger partial charge in [0.05, 0.1) is 11.5 Å². The fourth-order valence-electron chi connectivity index (χ4n) is 2.76. The molecule has 1 aromatic carbocycles. The molecule has 138 valence electrons. The first-order valence-corrected chi connectivity index (χ1v) is 9.73. The zero-order valence-electron chi connectivity index (χ0n) is 14.6. The van der Waals surface area contributed by atoms with Gasteiger partial charge in [0.25, 0.3) is 0 Å². The molecule has 1 aliphatic heterocycles. The molecule has 0 aromatic heterocycles. The van der Waals surface area contributed by atoms with Crippen molar-refractivity contribution < 1.29 is 13.2 Å². The van der Waals surface area contributed by atoms with Crippen molar-refractivity contribution in [3.05, 3.63) is 24.3 Å². The van der Waals surface area contributed by atoms with Crippen molar-refractivity contribution in [2.75, 3.05) is 19.7 Å². The third kappa shape index (κ3) is 5.34. The Morgan fingerprint density at radius 2 is 1.71 bits per heavy atom. The highest BCUT2D eigenvalue weighted by atomic mass is 35.5. The standard InChI is InChI=1S/C17H28N2O3S.ClH/c1-13(2)12-22-16-4-6-17(7-5-16)23(20,21)19-10-8-15(9-11-19)14(3)18;/h4-7,13-15H,8-12,18H2,1-3H3;1H. The average molecular weight is 377 g/mol.